The van der Waals surface area contributed by atoms with Crippen LogP contribution in [-0.4, -0.2) is 54.4 Å². The first-order chi connectivity index (χ1) is 21.6. The number of nitrogens with zero attached hydrogens (tertiary/aromatic N) is 2. The van der Waals surface area contributed by atoms with Crippen molar-refractivity contribution in [3.63, 3.8) is 0 Å². The second kappa shape index (κ2) is 15.2. The summed E-state index contributed by atoms with van der Waals surface area (Å²) in [5.41, 5.74) is 4.21. The van der Waals surface area contributed by atoms with E-state index >= 15 is 0 Å². The molecular formula is C36H33BrN2O5. The number of rotatable bonds is 10. The molecule has 2 heterocycles. The van der Waals surface area contributed by atoms with Crippen molar-refractivity contribution in [2.75, 3.05) is 39.4 Å². The van der Waals surface area contributed by atoms with Gasteiger partial charge in [-0.2, -0.15) is 0 Å². The van der Waals surface area contributed by atoms with Crippen LogP contribution in [0.2, 0.25) is 0 Å². The predicted molar refractivity (Wildman–Crippen MR) is 179 cm³/mol. The molecule has 0 bridgehead atoms. The van der Waals surface area contributed by atoms with Crippen LogP contribution in [0.1, 0.15) is 0 Å². The van der Waals surface area contributed by atoms with Crippen LogP contribution in [0.15, 0.2) is 110 Å². The lowest BCUT2D eigenvalue weighted by atomic mass is 10.0. The van der Waals surface area contributed by atoms with Crippen LogP contribution in [0.3, 0.4) is 0 Å². The van der Waals surface area contributed by atoms with Gasteiger partial charge < -0.3 is 24.1 Å². The number of ether oxygens (including phenoxy) is 4. The maximum absolute atomic E-state index is 8.82. The predicted octanol–water partition coefficient (Wildman–Crippen LogP) is 7.97. The second-order valence-corrected chi connectivity index (χ2v) is 10.6. The quantitative estimate of drug-likeness (QED) is 0.150. The fourth-order valence-corrected chi connectivity index (χ4v) is 4.85. The second-order valence-electron chi connectivity index (χ2n) is 9.78. The number of fused-ring (bicyclic) bond motifs is 2. The molecule has 7 nitrogen and oxygen atoms in total. The van der Waals surface area contributed by atoms with Crippen LogP contribution >= 0.6 is 15.9 Å². The summed E-state index contributed by atoms with van der Waals surface area (Å²) >= 11 is 3.35. The van der Waals surface area contributed by atoms with Crippen LogP contribution in [0.25, 0.3) is 43.8 Å². The highest BCUT2D eigenvalue weighted by Crippen LogP contribution is 2.30. The average Bonchev–Trinajstić information content (AvgIpc) is 3.09. The normalized spacial score (nSPS) is 10.6. The molecule has 0 aliphatic heterocycles. The fourth-order valence-electron chi connectivity index (χ4n) is 4.69. The number of alkyl halides is 1. The largest absolute Gasteiger partial charge is 0.497 e. The average molecular weight is 654 g/mol. The van der Waals surface area contributed by atoms with Crippen molar-refractivity contribution >= 4 is 37.5 Å². The van der Waals surface area contributed by atoms with Crippen molar-refractivity contribution in [3.8, 4) is 45.3 Å². The number of aliphatic hydroxyl groups excluding tert-OH is 1. The molecule has 6 aromatic rings. The van der Waals surface area contributed by atoms with Gasteiger partial charge in [-0.05, 0) is 81.2 Å². The molecule has 0 unspecified atom stereocenters. The van der Waals surface area contributed by atoms with E-state index in [2.05, 4.69) is 68.4 Å². The number of methoxy groups -OCH3 is 2. The molecule has 0 aliphatic rings. The highest BCUT2D eigenvalue weighted by molar-refractivity contribution is 9.09. The zero-order chi connectivity index (χ0) is 30.7. The Morgan fingerprint density at radius 3 is 1.43 bits per heavy atom. The minimum Gasteiger partial charge on any atom is -0.497 e. The summed E-state index contributed by atoms with van der Waals surface area (Å²) in [6.07, 6.45) is 7.03. The molecule has 0 atom stereocenters. The van der Waals surface area contributed by atoms with Crippen molar-refractivity contribution in [1.29, 1.82) is 0 Å². The topological polar surface area (TPSA) is 82.9 Å². The van der Waals surface area contributed by atoms with E-state index in [1.54, 1.807) is 32.8 Å². The molecule has 0 saturated carbocycles. The van der Waals surface area contributed by atoms with Gasteiger partial charge in [0.2, 0.25) is 0 Å². The molecule has 224 valence electrons. The molecule has 0 spiro atoms. The maximum atomic E-state index is 8.82. The Bertz CT molecular complexity index is 1710. The summed E-state index contributed by atoms with van der Waals surface area (Å²) in [5.74, 6) is 3.15. The van der Waals surface area contributed by atoms with Crippen molar-refractivity contribution in [2.45, 2.75) is 0 Å². The minimum absolute atomic E-state index is 0.0119. The van der Waals surface area contributed by atoms with Gasteiger partial charge in [0.15, 0.2) is 0 Å². The number of aliphatic hydroxyl groups is 1. The molecule has 2 aromatic heterocycles. The molecule has 4 aromatic carbocycles. The van der Waals surface area contributed by atoms with Crippen molar-refractivity contribution in [1.82, 2.24) is 9.97 Å². The van der Waals surface area contributed by atoms with Gasteiger partial charge in [0.1, 0.15) is 29.6 Å². The molecule has 0 amide bonds. The van der Waals surface area contributed by atoms with Gasteiger partial charge in [-0.1, -0.05) is 52.3 Å². The third-order valence-corrected chi connectivity index (χ3v) is 7.22. The first-order valence-electron chi connectivity index (χ1n) is 14.1. The summed E-state index contributed by atoms with van der Waals surface area (Å²) in [7, 11) is 3.35. The van der Waals surface area contributed by atoms with Crippen molar-refractivity contribution in [2.24, 2.45) is 0 Å². The lowest BCUT2D eigenvalue weighted by molar-refractivity contribution is 0.201. The third kappa shape index (κ3) is 7.83. The number of halogens is 1. The molecule has 0 fully saturated rings. The Kier molecular flexibility index (Phi) is 10.6. The smallest absolute Gasteiger partial charge is 0.138 e. The first kappa shape index (κ1) is 30.8. The van der Waals surface area contributed by atoms with Gasteiger partial charge in [0, 0.05) is 28.9 Å². The van der Waals surface area contributed by atoms with Crippen molar-refractivity contribution in [3.05, 3.63) is 110 Å². The SMILES string of the molecule is COc1ccc2cc(-c3cncc(OCCBr)c3)ccc2c1.COc1ccc2cc(-c3cncc(OCCO)c3)ccc2c1. The Hall–Kier alpha value is -4.66. The van der Waals surface area contributed by atoms with Crippen LogP contribution < -0.4 is 18.9 Å². The van der Waals surface area contributed by atoms with E-state index in [1.165, 1.54) is 5.39 Å². The van der Waals surface area contributed by atoms with Gasteiger partial charge in [0.25, 0.3) is 0 Å². The Labute approximate surface area is 265 Å². The van der Waals surface area contributed by atoms with Crippen LogP contribution in [-0.2, 0) is 0 Å². The van der Waals surface area contributed by atoms with Crippen LogP contribution in [0.5, 0.6) is 23.0 Å². The Morgan fingerprint density at radius 2 is 0.977 bits per heavy atom. The number of hydrogen-bond acceptors (Lipinski definition) is 7. The number of aromatic nitrogens is 2. The van der Waals surface area contributed by atoms with Gasteiger partial charge in [0.05, 0.1) is 39.8 Å². The third-order valence-electron chi connectivity index (χ3n) is 6.89. The Balaban J connectivity index is 0.000000175. The van der Waals surface area contributed by atoms with E-state index in [1.807, 2.05) is 48.7 Å². The first-order valence-corrected chi connectivity index (χ1v) is 15.2. The summed E-state index contributed by atoms with van der Waals surface area (Å²) in [4.78, 5) is 8.46. The zero-order valence-electron chi connectivity index (χ0n) is 24.6. The van der Waals surface area contributed by atoms with E-state index in [-0.39, 0.29) is 13.2 Å². The fraction of sp³-hybridized carbons (Fsp3) is 0.167. The number of hydrogen-bond donors (Lipinski definition) is 1. The maximum Gasteiger partial charge on any atom is 0.138 e. The summed E-state index contributed by atoms with van der Waals surface area (Å²) in [5, 5.41) is 14.2. The Morgan fingerprint density at radius 1 is 0.523 bits per heavy atom. The lowest BCUT2D eigenvalue weighted by Crippen LogP contribution is -2.01. The zero-order valence-corrected chi connectivity index (χ0v) is 26.2. The molecule has 1 N–H and O–H groups in total. The van der Waals surface area contributed by atoms with Crippen LogP contribution in [0, 0.1) is 0 Å². The van der Waals surface area contributed by atoms with Gasteiger partial charge in [-0.15, -0.1) is 0 Å². The minimum atomic E-state index is -0.0119. The molecular weight excluding hydrogens is 620 g/mol. The van der Waals surface area contributed by atoms with Crippen LogP contribution in [0.4, 0.5) is 0 Å². The van der Waals surface area contributed by atoms with Crippen molar-refractivity contribution < 1.29 is 24.1 Å². The summed E-state index contributed by atoms with van der Waals surface area (Å²) in [6.45, 7) is 0.882. The number of pyridine rings is 2. The molecule has 0 aliphatic carbocycles. The monoisotopic (exact) mass is 652 g/mol. The highest BCUT2D eigenvalue weighted by atomic mass is 79.9. The molecule has 0 radical (unpaired) electrons. The van der Waals surface area contributed by atoms with E-state index < -0.39 is 0 Å². The summed E-state index contributed by atoms with van der Waals surface area (Å²) < 4.78 is 21.5. The highest BCUT2D eigenvalue weighted by Gasteiger charge is 2.05. The van der Waals surface area contributed by atoms with Gasteiger partial charge in [-0.3, -0.25) is 9.97 Å². The standard InChI is InChI=1S/C18H16BrNO2.C18H17NO3/c1-21-17-5-4-13-8-14(2-3-15(13)9-17)16-10-18(12-20-11-16)22-7-6-19;1-21-17-5-4-13-8-14(2-3-15(13)9-17)16-10-18(12-19-11-16)22-7-6-20/h2-5,8-12H,6-7H2,1H3;2-5,8-12,20H,6-7H2,1H3. The van der Waals surface area contributed by atoms with E-state index in [4.69, 9.17) is 24.1 Å². The number of benzene rings is 4. The van der Waals surface area contributed by atoms with E-state index in [9.17, 15) is 0 Å². The lowest BCUT2D eigenvalue weighted by Gasteiger charge is -2.08. The molecule has 0 saturated heterocycles. The molecule has 6 rings (SSSR count). The van der Waals surface area contributed by atoms with Gasteiger partial charge >= 0.3 is 0 Å². The molecule has 8 heteroatoms. The summed E-state index contributed by atoms with van der Waals surface area (Å²) in [6, 6.07) is 28.6. The molecule has 44 heavy (non-hydrogen) atoms. The van der Waals surface area contributed by atoms with Gasteiger partial charge in [-0.25, -0.2) is 0 Å². The van der Waals surface area contributed by atoms with E-state index in [0.29, 0.717) is 12.4 Å². The van der Waals surface area contributed by atoms with E-state index in [0.717, 1.165) is 61.0 Å².